The molecule has 1 aromatic heterocycles. The first-order valence-electron chi connectivity index (χ1n) is 7.36. The predicted molar refractivity (Wildman–Crippen MR) is 99.0 cm³/mol. The zero-order chi connectivity index (χ0) is 18.1. The van der Waals surface area contributed by atoms with Crippen LogP contribution in [0.4, 0.5) is 10.1 Å². The highest BCUT2D eigenvalue weighted by Gasteiger charge is 2.20. The zero-order valence-electron chi connectivity index (χ0n) is 13.8. The van der Waals surface area contributed by atoms with Crippen molar-refractivity contribution < 1.29 is 18.7 Å². The highest BCUT2D eigenvalue weighted by molar-refractivity contribution is 7.21. The van der Waals surface area contributed by atoms with Crippen LogP contribution in [0.15, 0.2) is 30.3 Å². The predicted octanol–water partition coefficient (Wildman–Crippen LogP) is 5.27. The van der Waals surface area contributed by atoms with Crippen molar-refractivity contribution in [2.24, 2.45) is 0 Å². The van der Waals surface area contributed by atoms with Crippen molar-refractivity contribution in [3.63, 3.8) is 0 Å². The Kier molecular flexibility index (Phi) is 4.83. The van der Waals surface area contributed by atoms with Gasteiger partial charge in [-0.1, -0.05) is 17.7 Å². The Morgan fingerprint density at radius 1 is 1.20 bits per heavy atom. The van der Waals surface area contributed by atoms with E-state index in [1.807, 2.05) is 0 Å². The number of methoxy groups -OCH3 is 2. The molecule has 25 heavy (non-hydrogen) atoms. The molecule has 0 radical (unpaired) electrons. The standard InChI is InChI=1S/C18H15ClFNO3S/c1-9-16-11(20)5-4-6-15(16)25-17(9)18(22)21-12-8-13(23-2)10(19)7-14(12)24-3/h4-8H,1-3H3,(H,21,22). The number of hydrogen-bond donors (Lipinski definition) is 1. The molecule has 0 fully saturated rings. The maximum atomic E-state index is 14.0. The van der Waals surface area contributed by atoms with Gasteiger partial charge in [0.25, 0.3) is 5.91 Å². The average molecular weight is 380 g/mol. The number of nitrogens with one attached hydrogen (secondary N) is 1. The summed E-state index contributed by atoms with van der Waals surface area (Å²) in [6, 6.07) is 7.95. The molecule has 0 unspecified atom stereocenters. The maximum absolute atomic E-state index is 14.0. The van der Waals surface area contributed by atoms with E-state index in [4.69, 9.17) is 21.1 Å². The van der Waals surface area contributed by atoms with Crippen LogP contribution in [0.2, 0.25) is 5.02 Å². The van der Waals surface area contributed by atoms with Gasteiger partial charge in [-0.15, -0.1) is 11.3 Å². The smallest absolute Gasteiger partial charge is 0.266 e. The summed E-state index contributed by atoms with van der Waals surface area (Å²) in [5.41, 5.74) is 1.03. The van der Waals surface area contributed by atoms with Gasteiger partial charge >= 0.3 is 0 Å². The molecule has 0 spiro atoms. The fourth-order valence-corrected chi connectivity index (χ4v) is 3.96. The second kappa shape index (κ2) is 6.90. The normalized spacial score (nSPS) is 10.8. The van der Waals surface area contributed by atoms with E-state index in [-0.39, 0.29) is 11.7 Å². The van der Waals surface area contributed by atoms with E-state index in [2.05, 4.69) is 5.32 Å². The number of fused-ring (bicyclic) bond motifs is 1. The molecule has 1 amide bonds. The number of aryl methyl sites for hydroxylation is 1. The van der Waals surface area contributed by atoms with E-state index >= 15 is 0 Å². The van der Waals surface area contributed by atoms with Gasteiger partial charge in [-0.2, -0.15) is 0 Å². The second-order valence-corrected chi connectivity index (χ2v) is 6.77. The van der Waals surface area contributed by atoms with E-state index in [0.717, 1.165) is 4.70 Å². The van der Waals surface area contributed by atoms with Crippen LogP contribution < -0.4 is 14.8 Å². The first-order chi connectivity index (χ1) is 12.0. The first-order valence-corrected chi connectivity index (χ1v) is 8.56. The van der Waals surface area contributed by atoms with Gasteiger partial charge in [-0.05, 0) is 24.6 Å². The summed E-state index contributed by atoms with van der Waals surface area (Å²) < 4.78 is 25.2. The van der Waals surface area contributed by atoms with Crippen LogP contribution in [0.3, 0.4) is 0 Å². The molecule has 1 heterocycles. The number of rotatable bonds is 4. The van der Waals surface area contributed by atoms with Crippen molar-refractivity contribution >= 4 is 44.6 Å². The summed E-state index contributed by atoms with van der Waals surface area (Å²) >= 11 is 7.31. The van der Waals surface area contributed by atoms with E-state index in [9.17, 15) is 9.18 Å². The average Bonchev–Trinajstić information content (AvgIpc) is 2.94. The van der Waals surface area contributed by atoms with Crippen LogP contribution in [-0.2, 0) is 0 Å². The molecule has 0 atom stereocenters. The molecule has 2 aromatic carbocycles. The highest BCUT2D eigenvalue weighted by Crippen LogP contribution is 2.37. The van der Waals surface area contributed by atoms with Gasteiger partial charge in [0.15, 0.2) is 0 Å². The SMILES string of the molecule is COc1cc(NC(=O)c2sc3cccc(F)c3c2C)c(OC)cc1Cl. The summed E-state index contributed by atoms with van der Waals surface area (Å²) in [6.07, 6.45) is 0. The van der Waals surface area contributed by atoms with Gasteiger partial charge in [-0.25, -0.2) is 4.39 Å². The summed E-state index contributed by atoms with van der Waals surface area (Å²) in [5.74, 6) is 0.137. The van der Waals surface area contributed by atoms with Crippen LogP contribution in [0, 0.1) is 12.7 Å². The van der Waals surface area contributed by atoms with Crippen molar-refractivity contribution in [3.8, 4) is 11.5 Å². The summed E-state index contributed by atoms with van der Waals surface area (Å²) in [4.78, 5) is 13.2. The minimum atomic E-state index is -0.347. The number of halogens is 2. The lowest BCUT2D eigenvalue weighted by molar-refractivity contribution is 0.102. The number of anilines is 1. The molecular formula is C18H15ClFNO3S. The molecule has 4 nitrogen and oxygen atoms in total. The molecule has 3 aromatic rings. The van der Waals surface area contributed by atoms with Gasteiger partial charge in [0.05, 0.1) is 29.8 Å². The lowest BCUT2D eigenvalue weighted by Gasteiger charge is -2.13. The lowest BCUT2D eigenvalue weighted by atomic mass is 10.1. The number of thiophene rings is 1. The van der Waals surface area contributed by atoms with E-state index < -0.39 is 0 Å². The summed E-state index contributed by atoms with van der Waals surface area (Å²) in [6.45, 7) is 1.73. The Hall–Kier alpha value is -2.31. The molecule has 0 saturated heterocycles. The van der Waals surface area contributed by atoms with E-state index in [1.165, 1.54) is 31.6 Å². The molecule has 7 heteroatoms. The molecule has 3 rings (SSSR count). The minimum absolute atomic E-state index is 0.337. The fourth-order valence-electron chi connectivity index (χ4n) is 2.61. The quantitative estimate of drug-likeness (QED) is 0.671. The Labute approximate surface area is 153 Å². The molecule has 0 aliphatic rings. The van der Waals surface area contributed by atoms with Gasteiger partial charge in [0, 0.05) is 22.2 Å². The van der Waals surface area contributed by atoms with Crippen LogP contribution >= 0.6 is 22.9 Å². The number of carbonyl (C=O) groups is 1. The molecule has 0 aliphatic heterocycles. The third kappa shape index (κ3) is 3.15. The maximum Gasteiger partial charge on any atom is 0.266 e. The van der Waals surface area contributed by atoms with Crippen molar-refractivity contribution in [1.29, 1.82) is 0 Å². The van der Waals surface area contributed by atoms with Crippen LogP contribution in [0.5, 0.6) is 11.5 Å². The van der Waals surface area contributed by atoms with Crippen molar-refractivity contribution in [2.45, 2.75) is 6.92 Å². The number of benzene rings is 2. The highest BCUT2D eigenvalue weighted by atomic mass is 35.5. The van der Waals surface area contributed by atoms with E-state index in [0.29, 0.717) is 38.0 Å². The number of hydrogen-bond acceptors (Lipinski definition) is 4. The van der Waals surface area contributed by atoms with Crippen molar-refractivity contribution in [1.82, 2.24) is 0 Å². The third-order valence-corrected chi connectivity index (χ3v) is 5.38. The Morgan fingerprint density at radius 3 is 2.56 bits per heavy atom. The fraction of sp³-hybridized carbons (Fsp3) is 0.167. The van der Waals surface area contributed by atoms with Crippen LogP contribution in [0.1, 0.15) is 15.2 Å². The van der Waals surface area contributed by atoms with E-state index in [1.54, 1.807) is 31.2 Å². The number of carbonyl (C=O) groups excluding carboxylic acids is 1. The Morgan fingerprint density at radius 2 is 1.92 bits per heavy atom. The van der Waals surface area contributed by atoms with Gasteiger partial charge < -0.3 is 14.8 Å². The Balaban J connectivity index is 2.01. The first kappa shape index (κ1) is 17.5. The largest absolute Gasteiger partial charge is 0.495 e. The lowest BCUT2D eigenvalue weighted by Crippen LogP contribution is -2.12. The Bertz CT molecular complexity index is 971. The van der Waals surface area contributed by atoms with Crippen LogP contribution in [-0.4, -0.2) is 20.1 Å². The van der Waals surface area contributed by atoms with Crippen molar-refractivity contribution in [2.75, 3.05) is 19.5 Å². The topological polar surface area (TPSA) is 47.6 Å². The summed E-state index contributed by atoms with van der Waals surface area (Å²) in [7, 11) is 2.96. The molecular weight excluding hydrogens is 365 g/mol. The van der Waals surface area contributed by atoms with Gasteiger partial charge in [0.1, 0.15) is 17.3 Å². The molecule has 130 valence electrons. The molecule has 0 bridgehead atoms. The monoisotopic (exact) mass is 379 g/mol. The number of amides is 1. The molecule has 0 aliphatic carbocycles. The summed E-state index contributed by atoms with van der Waals surface area (Å²) in [5, 5.41) is 3.63. The van der Waals surface area contributed by atoms with Gasteiger partial charge in [0.2, 0.25) is 0 Å². The van der Waals surface area contributed by atoms with Gasteiger partial charge in [-0.3, -0.25) is 4.79 Å². The molecule has 0 saturated carbocycles. The van der Waals surface area contributed by atoms with Crippen molar-refractivity contribution in [3.05, 3.63) is 51.6 Å². The number of ether oxygens (including phenoxy) is 2. The zero-order valence-corrected chi connectivity index (χ0v) is 15.3. The minimum Gasteiger partial charge on any atom is -0.495 e. The third-order valence-electron chi connectivity index (χ3n) is 3.83. The second-order valence-electron chi connectivity index (χ2n) is 5.31. The molecule has 1 N–H and O–H groups in total. The van der Waals surface area contributed by atoms with Crippen LogP contribution in [0.25, 0.3) is 10.1 Å².